The van der Waals surface area contributed by atoms with Crippen molar-refractivity contribution in [2.75, 3.05) is 5.73 Å². The number of rotatable bonds is 2. The molecule has 5 heteroatoms. The maximum Gasteiger partial charge on any atom is 0.198 e. The molecule has 3 aromatic rings. The number of imidazole rings is 1. The van der Waals surface area contributed by atoms with Gasteiger partial charge in [0.1, 0.15) is 5.82 Å². The summed E-state index contributed by atoms with van der Waals surface area (Å²) in [5.41, 5.74) is 7.67. The Hall–Kier alpha value is -2.69. The fourth-order valence-electron chi connectivity index (χ4n) is 1.90. The Morgan fingerprint density at radius 2 is 1.89 bits per heavy atom. The highest BCUT2D eigenvalue weighted by Crippen LogP contribution is 2.21. The van der Waals surface area contributed by atoms with Gasteiger partial charge in [-0.15, -0.1) is 0 Å². The van der Waals surface area contributed by atoms with E-state index in [0.29, 0.717) is 17.5 Å². The van der Waals surface area contributed by atoms with Crippen LogP contribution in [-0.2, 0) is 7.05 Å². The number of nitrogens with two attached hydrogens (primary N) is 1. The number of hydrogen-bond acceptors (Lipinski definition) is 4. The molecule has 0 spiro atoms. The van der Waals surface area contributed by atoms with Crippen molar-refractivity contribution in [3.63, 3.8) is 0 Å². The van der Waals surface area contributed by atoms with Gasteiger partial charge < -0.3 is 10.3 Å². The van der Waals surface area contributed by atoms with E-state index < -0.39 is 0 Å². The summed E-state index contributed by atoms with van der Waals surface area (Å²) in [6.45, 7) is 0. The molecule has 0 atom stereocenters. The van der Waals surface area contributed by atoms with Gasteiger partial charge in [-0.25, -0.2) is 15.0 Å². The molecule has 94 valence electrons. The van der Waals surface area contributed by atoms with Crippen LogP contribution in [0, 0.1) is 0 Å². The lowest BCUT2D eigenvalue weighted by Gasteiger charge is -2.06. The quantitative estimate of drug-likeness (QED) is 0.757. The molecule has 0 fully saturated rings. The maximum absolute atomic E-state index is 5.86. The van der Waals surface area contributed by atoms with E-state index in [1.807, 2.05) is 48.1 Å². The Morgan fingerprint density at radius 3 is 2.58 bits per heavy atom. The zero-order chi connectivity index (χ0) is 13.2. The van der Waals surface area contributed by atoms with Gasteiger partial charge in [0.25, 0.3) is 0 Å². The summed E-state index contributed by atoms with van der Waals surface area (Å²) in [5.74, 6) is 1.67. The molecule has 0 radical (unpaired) electrons. The van der Waals surface area contributed by atoms with Gasteiger partial charge in [0.05, 0.1) is 5.69 Å². The fourth-order valence-corrected chi connectivity index (χ4v) is 1.90. The predicted molar refractivity (Wildman–Crippen MR) is 74.1 cm³/mol. The molecule has 2 N–H and O–H groups in total. The summed E-state index contributed by atoms with van der Waals surface area (Å²) >= 11 is 0. The Kier molecular flexibility index (Phi) is 2.72. The van der Waals surface area contributed by atoms with Crippen LogP contribution in [0.3, 0.4) is 0 Å². The Balaban J connectivity index is 2.14. The van der Waals surface area contributed by atoms with Gasteiger partial charge in [-0.2, -0.15) is 0 Å². The van der Waals surface area contributed by atoms with E-state index in [0.717, 1.165) is 11.3 Å². The SMILES string of the molecule is Cn1ccnc1-c1nc(N)cc(-c2ccccc2)n1. The average molecular weight is 251 g/mol. The number of nitrogens with zero attached hydrogens (tertiary/aromatic N) is 4. The number of hydrogen-bond donors (Lipinski definition) is 1. The molecule has 0 aliphatic carbocycles. The molecule has 2 aromatic heterocycles. The molecule has 0 aliphatic rings. The van der Waals surface area contributed by atoms with Gasteiger partial charge >= 0.3 is 0 Å². The summed E-state index contributed by atoms with van der Waals surface area (Å²) in [4.78, 5) is 13.0. The van der Waals surface area contributed by atoms with Crippen molar-refractivity contribution in [3.8, 4) is 22.9 Å². The zero-order valence-corrected chi connectivity index (χ0v) is 10.5. The van der Waals surface area contributed by atoms with Gasteiger partial charge in [0, 0.05) is 31.1 Å². The summed E-state index contributed by atoms with van der Waals surface area (Å²) in [6, 6.07) is 11.6. The molecular formula is C14H13N5. The first-order chi connectivity index (χ1) is 9.24. The number of aryl methyl sites for hydroxylation is 1. The van der Waals surface area contributed by atoms with E-state index in [1.165, 1.54) is 0 Å². The first-order valence-electron chi connectivity index (χ1n) is 5.92. The van der Waals surface area contributed by atoms with Crippen molar-refractivity contribution in [2.24, 2.45) is 7.05 Å². The fraction of sp³-hybridized carbons (Fsp3) is 0.0714. The maximum atomic E-state index is 5.86. The molecular weight excluding hydrogens is 238 g/mol. The third-order valence-electron chi connectivity index (χ3n) is 2.84. The summed E-state index contributed by atoms with van der Waals surface area (Å²) in [6.07, 6.45) is 3.56. The van der Waals surface area contributed by atoms with Crippen LogP contribution in [0.5, 0.6) is 0 Å². The van der Waals surface area contributed by atoms with E-state index in [9.17, 15) is 0 Å². The molecule has 3 rings (SSSR count). The Morgan fingerprint density at radius 1 is 1.11 bits per heavy atom. The number of aromatic nitrogens is 4. The molecule has 5 nitrogen and oxygen atoms in total. The van der Waals surface area contributed by atoms with Crippen LogP contribution < -0.4 is 5.73 Å². The monoisotopic (exact) mass is 251 g/mol. The highest BCUT2D eigenvalue weighted by atomic mass is 15.1. The molecule has 0 bridgehead atoms. The third kappa shape index (κ3) is 2.18. The number of anilines is 1. The molecule has 0 amide bonds. The van der Waals surface area contributed by atoms with E-state index in [2.05, 4.69) is 15.0 Å². The topological polar surface area (TPSA) is 69.6 Å². The van der Waals surface area contributed by atoms with Gasteiger partial charge in [-0.05, 0) is 0 Å². The van der Waals surface area contributed by atoms with Crippen molar-refractivity contribution < 1.29 is 0 Å². The smallest absolute Gasteiger partial charge is 0.198 e. The van der Waals surface area contributed by atoms with Gasteiger partial charge in [0.15, 0.2) is 11.6 Å². The zero-order valence-electron chi connectivity index (χ0n) is 10.5. The van der Waals surface area contributed by atoms with Crippen molar-refractivity contribution >= 4 is 5.82 Å². The lowest BCUT2D eigenvalue weighted by Crippen LogP contribution is -2.01. The average Bonchev–Trinajstić information content (AvgIpc) is 2.85. The van der Waals surface area contributed by atoms with Crippen molar-refractivity contribution in [2.45, 2.75) is 0 Å². The molecule has 0 saturated heterocycles. The first kappa shape index (κ1) is 11.4. The van der Waals surface area contributed by atoms with E-state index >= 15 is 0 Å². The molecule has 0 aliphatic heterocycles. The summed E-state index contributed by atoms with van der Waals surface area (Å²) in [7, 11) is 1.90. The molecule has 0 unspecified atom stereocenters. The molecule has 2 heterocycles. The first-order valence-corrected chi connectivity index (χ1v) is 5.92. The second kappa shape index (κ2) is 4.53. The van der Waals surface area contributed by atoms with Gasteiger partial charge in [-0.3, -0.25) is 0 Å². The van der Waals surface area contributed by atoms with Gasteiger partial charge in [0.2, 0.25) is 0 Å². The summed E-state index contributed by atoms with van der Waals surface area (Å²) in [5, 5.41) is 0. The van der Waals surface area contributed by atoms with E-state index in [4.69, 9.17) is 5.73 Å². The lowest BCUT2D eigenvalue weighted by molar-refractivity contribution is 0.907. The van der Waals surface area contributed by atoms with E-state index in [-0.39, 0.29) is 0 Å². The highest BCUT2D eigenvalue weighted by Gasteiger charge is 2.10. The number of benzene rings is 1. The van der Waals surface area contributed by atoms with Crippen LogP contribution in [0.15, 0.2) is 48.8 Å². The van der Waals surface area contributed by atoms with Crippen LogP contribution in [-0.4, -0.2) is 19.5 Å². The van der Waals surface area contributed by atoms with Gasteiger partial charge in [-0.1, -0.05) is 30.3 Å². The van der Waals surface area contributed by atoms with Crippen LogP contribution in [0.1, 0.15) is 0 Å². The van der Waals surface area contributed by atoms with Crippen molar-refractivity contribution in [1.82, 2.24) is 19.5 Å². The number of nitrogen functional groups attached to an aromatic ring is 1. The van der Waals surface area contributed by atoms with Crippen LogP contribution >= 0.6 is 0 Å². The lowest BCUT2D eigenvalue weighted by atomic mass is 10.1. The standard InChI is InChI=1S/C14H13N5/c1-19-8-7-16-14(19)13-17-11(9-12(15)18-13)10-5-3-2-4-6-10/h2-9H,1H3,(H2,15,17,18). The van der Waals surface area contributed by atoms with Crippen molar-refractivity contribution in [1.29, 1.82) is 0 Å². The van der Waals surface area contributed by atoms with E-state index in [1.54, 1.807) is 12.3 Å². The largest absolute Gasteiger partial charge is 0.384 e. The predicted octanol–water partition coefficient (Wildman–Crippen LogP) is 2.13. The minimum atomic E-state index is 0.437. The third-order valence-corrected chi connectivity index (χ3v) is 2.84. The minimum Gasteiger partial charge on any atom is -0.384 e. The molecule has 1 aromatic carbocycles. The molecule has 0 saturated carbocycles. The minimum absolute atomic E-state index is 0.437. The van der Waals surface area contributed by atoms with Crippen molar-refractivity contribution in [3.05, 3.63) is 48.8 Å². The second-order valence-electron chi connectivity index (χ2n) is 4.23. The Bertz CT molecular complexity index is 703. The second-order valence-corrected chi connectivity index (χ2v) is 4.23. The van der Waals surface area contributed by atoms with Crippen LogP contribution in [0.25, 0.3) is 22.9 Å². The van der Waals surface area contributed by atoms with Crippen LogP contribution in [0.4, 0.5) is 5.82 Å². The van der Waals surface area contributed by atoms with Crippen LogP contribution in [0.2, 0.25) is 0 Å². The normalized spacial score (nSPS) is 10.6. The Labute approximate surface area is 110 Å². The highest BCUT2D eigenvalue weighted by molar-refractivity contribution is 5.64. The summed E-state index contributed by atoms with van der Waals surface area (Å²) < 4.78 is 1.86. The molecule has 19 heavy (non-hydrogen) atoms.